The molecular formula is C17H34N2. The van der Waals surface area contributed by atoms with Gasteiger partial charge >= 0.3 is 0 Å². The predicted molar refractivity (Wildman–Crippen MR) is 83.5 cm³/mol. The van der Waals surface area contributed by atoms with Gasteiger partial charge < -0.3 is 5.32 Å². The number of nitrogens with zero attached hydrogens (tertiary/aromatic N) is 1. The maximum Gasteiger partial charge on any atom is 0.00910 e. The van der Waals surface area contributed by atoms with Gasteiger partial charge in [-0.3, -0.25) is 4.90 Å². The lowest BCUT2D eigenvalue weighted by molar-refractivity contribution is 0.0667. The predicted octanol–water partition coefficient (Wildman–Crippen LogP) is 3.67. The minimum Gasteiger partial charge on any atom is -0.317 e. The summed E-state index contributed by atoms with van der Waals surface area (Å²) >= 11 is 0. The second kappa shape index (κ2) is 6.58. The van der Waals surface area contributed by atoms with Gasteiger partial charge in [0.05, 0.1) is 0 Å². The van der Waals surface area contributed by atoms with Crippen LogP contribution in [0.25, 0.3) is 0 Å². The fourth-order valence-electron chi connectivity index (χ4n) is 4.57. The number of hydrogen-bond donors (Lipinski definition) is 1. The molecule has 0 aromatic rings. The Balaban J connectivity index is 1.94. The zero-order valence-electron chi connectivity index (χ0n) is 13.5. The summed E-state index contributed by atoms with van der Waals surface area (Å²) in [4.78, 5) is 2.79. The molecule has 2 atom stereocenters. The van der Waals surface area contributed by atoms with Gasteiger partial charge in [-0.05, 0) is 64.0 Å². The van der Waals surface area contributed by atoms with Gasteiger partial charge in [0.1, 0.15) is 0 Å². The smallest absolute Gasteiger partial charge is 0.00910 e. The minimum absolute atomic E-state index is 0.648. The maximum atomic E-state index is 3.46. The molecule has 0 spiro atoms. The second-order valence-corrected chi connectivity index (χ2v) is 7.63. The molecule has 1 saturated carbocycles. The largest absolute Gasteiger partial charge is 0.317 e. The Morgan fingerprint density at radius 1 is 1.26 bits per heavy atom. The van der Waals surface area contributed by atoms with Crippen molar-refractivity contribution in [2.24, 2.45) is 11.3 Å². The van der Waals surface area contributed by atoms with E-state index >= 15 is 0 Å². The first kappa shape index (κ1) is 15.3. The lowest BCUT2D eigenvalue weighted by atomic mass is 9.77. The van der Waals surface area contributed by atoms with Gasteiger partial charge in [-0.1, -0.05) is 26.7 Å². The second-order valence-electron chi connectivity index (χ2n) is 7.63. The lowest BCUT2D eigenvalue weighted by Crippen LogP contribution is -2.50. The molecule has 2 rings (SSSR count). The summed E-state index contributed by atoms with van der Waals surface area (Å²) in [5.74, 6) is 0.850. The van der Waals surface area contributed by atoms with E-state index in [4.69, 9.17) is 0 Å². The van der Waals surface area contributed by atoms with Crippen molar-refractivity contribution in [2.45, 2.75) is 77.8 Å². The molecule has 0 amide bonds. The van der Waals surface area contributed by atoms with Gasteiger partial charge in [0.15, 0.2) is 0 Å². The highest BCUT2D eigenvalue weighted by atomic mass is 15.2. The Morgan fingerprint density at radius 2 is 1.95 bits per heavy atom. The summed E-state index contributed by atoms with van der Waals surface area (Å²) in [6.07, 6.45) is 9.98. The molecule has 2 nitrogen and oxygen atoms in total. The molecule has 19 heavy (non-hydrogen) atoms. The zero-order chi connectivity index (χ0) is 13.9. The van der Waals surface area contributed by atoms with Crippen molar-refractivity contribution in [3.63, 3.8) is 0 Å². The fraction of sp³-hybridized carbons (Fsp3) is 1.00. The molecule has 1 saturated heterocycles. The first-order chi connectivity index (χ1) is 9.04. The van der Waals surface area contributed by atoms with Crippen molar-refractivity contribution in [3.8, 4) is 0 Å². The highest BCUT2D eigenvalue weighted by Gasteiger charge is 2.38. The summed E-state index contributed by atoms with van der Waals surface area (Å²) in [7, 11) is 2.12. The summed E-state index contributed by atoms with van der Waals surface area (Å²) in [5, 5.41) is 3.46. The third-order valence-electron chi connectivity index (χ3n) is 5.47. The third-order valence-corrected chi connectivity index (χ3v) is 5.47. The molecule has 1 aliphatic heterocycles. The van der Waals surface area contributed by atoms with Crippen LogP contribution in [0.2, 0.25) is 0 Å². The van der Waals surface area contributed by atoms with E-state index < -0.39 is 0 Å². The quantitative estimate of drug-likeness (QED) is 0.817. The van der Waals surface area contributed by atoms with Crippen LogP contribution in [0.3, 0.4) is 0 Å². The van der Waals surface area contributed by atoms with Crippen LogP contribution in [0, 0.1) is 11.3 Å². The van der Waals surface area contributed by atoms with E-state index in [2.05, 4.69) is 38.0 Å². The van der Waals surface area contributed by atoms with Crippen LogP contribution in [0.4, 0.5) is 0 Å². The number of rotatable bonds is 5. The third kappa shape index (κ3) is 3.95. The normalized spacial score (nSPS) is 32.1. The number of likely N-dealkylation sites (tertiary alicyclic amines) is 1. The molecule has 1 aliphatic carbocycles. The highest BCUT2D eigenvalue weighted by molar-refractivity contribution is 4.92. The average molecular weight is 266 g/mol. The molecule has 0 aromatic carbocycles. The summed E-state index contributed by atoms with van der Waals surface area (Å²) in [5.41, 5.74) is 0.648. The average Bonchev–Trinajstić information content (AvgIpc) is 2.79. The monoisotopic (exact) mass is 266 g/mol. The Kier molecular flexibility index (Phi) is 5.30. The maximum absolute atomic E-state index is 3.46. The zero-order valence-corrected chi connectivity index (χ0v) is 13.5. The van der Waals surface area contributed by atoms with Crippen LogP contribution in [0.5, 0.6) is 0 Å². The van der Waals surface area contributed by atoms with Crippen molar-refractivity contribution in [1.29, 1.82) is 0 Å². The fourth-order valence-corrected chi connectivity index (χ4v) is 4.57. The van der Waals surface area contributed by atoms with Gasteiger partial charge in [0.25, 0.3) is 0 Å². The van der Waals surface area contributed by atoms with E-state index in [0.29, 0.717) is 5.41 Å². The molecule has 2 aliphatic rings. The van der Waals surface area contributed by atoms with E-state index in [1.54, 1.807) is 0 Å². The van der Waals surface area contributed by atoms with E-state index in [-0.39, 0.29) is 0 Å². The van der Waals surface area contributed by atoms with Crippen molar-refractivity contribution < 1.29 is 0 Å². The Morgan fingerprint density at radius 3 is 2.47 bits per heavy atom. The SMILES string of the molecule is CNC1CCN(CC2(CC(C)C)CCCC2)C(C)C1. The van der Waals surface area contributed by atoms with Crippen LogP contribution in [-0.4, -0.2) is 37.1 Å². The van der Waals surface area contributed by atoms with Gasteiger partial charge in [-0.2, -0.15) is 0 Å². The van der Waals surface area contributed by atoms with Gasteiger partial charge in [0.2, 0.25) is 0 Å². The number of nitrogens with one attached hydrogen (secondary N) is 1. The topological polar surface area (TPSA) is 15.3 Å². The van der Waals surface area contributed by atoms with Gasteiger partial charge in [-0.25, -0.2) is 0 Å². The van der Waals surface area contributed by atoms with Crippen molar-refractivity contribution >= 4 is 0 Å². The van der Waals surface area contributed by atoms with E-state index in [9.17, 15) is 0 Å². The summed E-state index contributed by atoms with van der Waals surface area (Å²) < 4.78 is 0. The van der Waals surface area contributed by atoms with Crippen LogP contribution in [0.1, 0.15) is 65.7 Å². The highest BCUT2D eigenvalue weighted by Crippen LogP contribution is 2.44. The van der Waals surface area contributed by atoms with Crippen LogP contribution in [0.15, 0.2) is 0 Å². The van der Waals surface area contributed by atoms with Crippen LogP contribution >= 0.6 is 0 Å². The molecule has 0 aromatic heterocycles. The molecule has 112 valence electrons. The first-order valence-corrected chi connectivity index (χ1v) is 8.46. The van der Waals surface area contributed by atoms with Gasteiger partial charge in [0, 0.05) is 18.6 Å². The molecule has 2 heteroatoms. The number of hydrogen-bond acceptors (Lipinski definition) is 2. The molecule has 0 bridgehead atoms. The standard InChI is InChI=1S/C17H34N2/c1-14(2)12-17(8-5-6-9-17)13-19-10-7-16(18-4)11-15(19)3/h14-16,18H,5-13H2,1-4H3. The molecule has 0 radical (unpaired) electrons. The van der Waals surface area contributed by atoms with Crippen molar-refractivity contribution in [3.05, 3.63) is 0 Å². The lowest BCUT2D eigenvalue weighted by Gasteiger charge is -2.43. The summed E-state index contributed by atoms with van der Waals surface area (Å²) in [6.45, 7) is 9.89. The Hall–Kier alpha value is -0.0800. The van der Waals surface area contributed by atoms with E-state index in [1.165, 1.54) is 58.0 Å². The summed E-state index contributed by atoms with van der Waals surface area (Å²) in [6, 6.07) is 1.51. The molecule has 2 unspecified atom stereocenters. The van der Waals surface area contributed by atoms with Gasteiger partial charge in [-0.15, -0.1) is 0 Å². The molecule has 1 heterocycles. The first-order valence-electron chi connectivity index (χ1n) is 8.46. The van der Waals surface area contributed by atoms with Crippen LogP contribution < -0.4 is 5.32 Å². The molecular weight excluding hydrogens is 232 g/mol. The van der Waals surface area contributed by atoms with E-state index in [1.807, 2.05) is 0 Å². The molecule has 1 N–H and O–H groups in total. The Labute approximate surface area is 120 Å². The van der Waals surface area contributed by atoms with Crippen LogP contribution in [-0.2, 0) is 0 Å². The van der Waals surface area contributed by atoms with Crippen molar-refractivity contribution in [1.82, 2.24) is 10.2 Å². The Bertz CT molecular complexity index is 268. The minimum atomic E-state index is 0.648. The number of piperidine rings is 1. The molecule has 2 fully saturated rings. The van der Waals surface area contributed by atoms with Crippen molar-refractivity contribution in [2.75, 3.05) is 20.1 Å². The van der Waals surface area contributed by atoms with E-state index in [0.717, 1.165) is 18.0 Å².